The van der Waals surface area contributed by atoms with Crippen LogP contribution in [0.4, 0.5) is 0 Å². The molecule has 0 spiro atoms. The van der Waals surface area contributed by atoms with Gasteiger partial charge in [-0.25, -0.2) is 8.42 Å². The summed E-state index contributed by atoms with van der Waals surface area (Å²) in [5, 5.41) is 0. The molecule has 6 nitrogen and oxygen atoms in total. The first-order valence-electron chi connectivity index (χ1n) is 9.19. The quantitative estimate of drug-likeness (QED) is 0.743. The standard InChI is InChI=1S/C17H31N3O3S/c1-17(2)13-19(24(3,22)23)12-15-11-18(9-10-20(15)17)16(21)14-7-5-4-6-8-14/h14-15H,4-13H2,1-3H3/t15-/m0/s1. The van der Waals surface area contributed by atoms with Gasteiger partial charge in [0, 0.05) is 50.2 Å². The van der Waals surface area contributed by atoms with Gasteiger partial charge in [-0.1, -0.05) is 19.3 Å². The molecule has 1 saturated carbocycles. The molecule has 2 saturated heterocycles. The molecule has 0 radical (unpaired) electrons. The number of carbonyl (C=O) groups is 1. The Morgan fingerprint density at radius 1 is 1.04 bits per heavy atom. The van der Waals surface area contributed by atoms with Crippen molar-refractivity contribution in [1.82, 2.24) is 14.1 Å². The molecule has 0 N–H and O–H groups in total. The molecule has 1 aliphatic carbocycles. The molecule has 0 aromatic rings. The third-order valence-corrected chi connectivity index (χ3v) is 7.19. The van der Waals surface area contributed by atoms with E-state index in [0.717, 1.165) is 38.8 Å². The first kappa shape index (κ1) is 18.1. The zero-order valence-electron chi connectivity index (χ0n) is 15.2. The van der Waals surface area contributed by atoms with Gasteiger partial charge in [0.1, 0.15) is 0 Å². The highest BCUT2D eigenvalue weighted by Gasteiger charge is 2.45. The average Bonchev–Trinajstić information content (AvgIpc) is 2.53. The van der Waals surface area contributed by atoms with Crippen molar-refractivity contribution in [3.8, 4) is 0 Å². The number of rotatable bonds is 2. The molecule has 138 valence electrons. The van der Waals surface area contributed by atoms with E-state index in [1.54, 1.807) is 4.31 Å². The fourth-order valence-corrected chi connectivity index (χ4v) is 5.68. The van der Waals surface area contributed by atoms with Crippen molar-refractivity contribution in [2.24, 2.45) is 5.92 Å². The second kappa shape index (κ2) is 6.57. The summed E-state index contributed by atoms with van der Waals surface area (Å²) in [5.41, 5.74) is -0.189. The number of nitrogens with zero attached hydrogens (tertiary/aromatic N) is 3. The van der Waals surface area contributed by atoms with Crippen molar-refractivity contribution in [2.45, 2.75) is 57.5 Å². The van der Waals surface area contributed by atoms with Crippen LogP contribution in [0, 0.1) is 5.92 Å². The van der Waals surface area contributed by atoms with Crippen LogP contribution in [0.1, 0.15) is 46.0 Å². The van der Waals surface area contributed by atoms with Crippen molar-refractivity contribution in [3.63, 3.8) is 0 Å². The van der Waals surface area contributed by atoms with E-state index >= 15 is 0 Å². The van der Waals surface area contributed by atoms with Gasteiger partial charge in [0.2, 0.25) is 15.9 Å². The maximum absolute atomic E-state index is 12.8. The Balaban J connectivity index is 1.71. The Kier molecular flexibility index (Phi) is 4.97. The fraction of sp³-hybridized carbons (Fsp3) is 0.941. The van der Waals surface area contributed by atoms with Gasteiger partial charge in [-0.15, -0.1) is 0 Å². The van der Waals surface area contributed by atoms with Crippen molar-refractivity contribution in [1.29, 1.82) is 0 Å². The topological polar surface area (TPSA) is 60.9 Å². The zero-order chi connectivity index (χ0) is 17.5. The van der Waals surface area contributed by atoms with Gasteiger partial charge >= 0.3 is 0 Å². The van der Waals surface area contributed by atoms with Gasteiger partial charge in [-0.3, -0.25) is 9.69 Å². The Morgan fingerprint density at radius 2 is 1.71 bits per heavy atom. The number of amides is 1. The van der Waals surface area contributed by atoms with Gasteiger partial charge in [0.15, 0.2) is 0 Å². The van der Waals surface area contributed by atoms with Gasteiger partial charge in [-0.2, -0.15) is 4.31 Å². The summed E-state index contributed by atoms with van der Waals surface area (Å²) in [6.07, 6.45) is 6.89. The molecule has 1 atom stereocenters. The minimum atomic E-state index is -3.20. The molecule has 3 aliphatic rings. The van der Waals surface area contributed by atoms with Gasteiger partial charge < -0.3 is 4.90 Å². The molecule has 3 rings (SSSR count). The maximum atomic E-state index is 12.8. The molecular weight excluding hydrogens is 326 g/mol. The van der Waals surface area contributed by atoms with Crippen LogP contribution in [0.2, 0.25) is 0 Å². The van der Waals surface area contributed by atoms with Crippen molar-refractivity contribution < 1.29 is 13.2 Å². The van der Waals surface area contributed by atoms with Gasteiger partial charge in [-0.05, 0) is 26.7 Å². The van der Waals surface area contributed by atoms with E-state index in [1.165, 1.54) is 12.7 Å². The summed E-state index contributed by atoms with van der Waals surface area (Å²) in [7, 11) is -3.20. The van der Waals surface area contributed by atoms with E-state index in [-0.39, 0.29) is 17.5 Å². The Morgan fingerprint density at radius 3 is 2.33 bits per heavy atom. The van der Waals surface area contributed by atoms with Crippen LogP contribution < -0.4 is 0 Å². The predicted molar refractivity (Wildman–Crippen MR) is 94.1 cm³/mol. The molecule has 7 heteroatoms. The Bertz CT molecular complexity index is 584. The number of hydrogen-bond donors (Lipinski definition) is 0. The van der Waals surface area contributed by atoms with Crippen LogP contribution in [0.15, 0.2) is 0 Å². The monoisotopic (exact) mass is 357 g/mol. The predicted octanol–water partition coefficient (Wildman–Crippen LogP) is 1.13. The van der Waals surface area contributed by atoms with E-state index in [2.05, 4.69) is 18.7 Å². The van der Waals surface area contributed by atoms with E-state index in [0.29, 0.717) is 25.5 Å². The normalized spacial score (nSPS) is 30.1. The number of piperazine rings is 2. The summed E-state index contributed by atoms with van der Waals surface area (Å²) in [4.78, 5) is 17.2. The van der Waals surface area contributed by atoms with E-state index in [4.69, 9.17) is 0 Å². The maximum Gasteiger partial charge on any atom is 0.225 e. The first-order valence-corrected chi connectivity index (χ1v) is 11.0. The average molecular weight is 358 g/mol. The molecule has 2 heterocycles. The van der Waals surface area contributed by atoms with Gasteiger partial charge in [0.25, 0.3) is 0 Å². The summed E-state index contributed by atoms with van der Waals surface area (Å²) in [6, 6.07) is 0.102. The number of carbonyl (C=O) groups excluding carboxylic acids is 1. The second-order valence-electron chi connectivity index (χ2n) is 8.33. The van der Waals surface area contributed by atoms with Crippen molar-refractivity contribution in [2.75, 3.05) is 39.0 Å². The molecule has 0 unspecified atom stereocenters. The Hall–Kier alpha value is -0.660. The summed E-state index contributed by atoms with van der Waals surface area (Å²) in [5.74, 6) is 0.483. The van der Waals surface area contributed by atoms with Crippen LogP contribution in [-0.2, 0) is 14.8 Å². The third kappa shape index (κ3) is 3.63. The minimum absolute atomic E-state index is 0.102. The smallest absolute Gasteiger partial charge is 0.225 e. The van der Waals surface area contributed by atoms with Crippen LogP contribution >= 0.6 is 0 Å². The molecule has 1 amide bonds. The highest BCUT2D eigenvalue weighted by atomic mass is 32.2. The lowest BCUT2D eigenvalue weighted by Gasteiger charge is -2.55. The van der Waals surface area contributed by atoms with Crippen LogP contribution in [0.3, 0.4) is 0 Å². The number of hydrogen-bond acceptors (Lipinski definition) is 4. The molecule has 0 aromatic heterocycles. The second-order valence-corrected chi connectivity index (χ2v) is 10.3. The van der Waals surface area contributed by atoms with E-state index in [1.807, 2.05) is 4.90 Å². The van der Waals surface area contributed by atoms with E-state index in [9.17, 15) is 13.2 Å². The number of fused-ring (bicyclic) bond motifs is 1. The molecule has 24 heavy (non-hydrogen) atoms. The molecule has 0 bridgehead atoms. The summed E-state index contributed by atoms with van der Waals surface area (Å²) < 4.78 is 25.7. The largest absolute Gasteiger partial charge is 0.340 e. The third-order valence-electron chi connectivity index (χ3n) is 5.97. The molecule has 3 fully saturated rings. The highest BCUT2D eigenvalue weighted by molar-refractivity contribution is 7.88. The summed E-state index contributed by atoms with van der Waals surface area (Å²) in [6.45, 7) is 7.51. The SMILES string of the molecule is CC1(C)CN(S(C)(=O)=O)C[C@@H]2CN(C(=O)C3CCCCC3)CCN21. The Labute approximate surface area is 146 Å². The molecule has 0 aromatic carbocycles. The van der Waals surface area contributed by atoms with Crippen LogP contribution in [0.25, 0.3) is 0 Å². The van der Waals surface area contributed by atoms with Crippen molar-refractivity contribution in [3.05, 3.63) is 0 Å². The zero-order valence-corrected chi connectivity index (χ0v) is 16.0. The lowest BCUT2D eigenvalue weighted by molar-refractivity contribution is -0.142. The molecule has 2 aliphatic heterocycles. The highest BCUT2D eigenvalue weighted by Crippen LogP contribution is 2.31. The lowest BCUT2D eigenvalue weighted by atomic mass is 9.87. The summed E-state index contributed by atoms with van der Waals surface area (Å²) >= 11 is 0. The minimum Gasteiger partial charge on any atom is -0.340 e. The first-order chi connectivity index (χ1) is 11.2. The lowest BCUT2D eigenvalue weighted by Crippen LogP contribution is -2.70. The van der Waals surface area contributed by atoms with Crippen molar-refractivity contribution >= 4 is 15.9 Å². The number of sulfonamides is 1. The fourth-order valence-electron chi connectivity index (χ4n) is 4.69. The van der Waals surface area contributed by atoms with Gasteiger partial charge in [0.05, 0.1) is 6.26 Å². The van der Waals surface area contributed by atoms with E-state index < -0.39 is 10.0 Å². The van der Waals surface area contributed by atoms with Crippen LogP contribution in [0.5, 0.6) is 0 Å². The van der Waals surface area contributed by atoms with Crippen LogP contribution in [-0.4, -0.2) is 79.0 Å². The molecular formula is C17H31N3O3S.